The molecular weight excluding hydrogens is 877 g/mol. The number of hydrogen-bond acceptors (Lipinski definition) is 2. The Kier molecular flexibility index (Phi) is 10.5. The largest absolute Gasteiger partial charge is 0.458 e. The molecule has 0 fully saturated rings. The number of fused-ring (bicyclic) bond motifs is 4. The second-order valence-corrected chi connectivity index (χ2v) is 20.9. The first kappa shape index (κ1) is 40.7. The van der Waals surface area contributed by atoms with Gasteiger partial charge in [-0.15, -0.1) is 0 Å². The molecule has 356 valence electrons. The minimum absolute atomic E-state index is 0.109. The summed E-state index contributed by atoms with van der Waals surface area (Å²) in [6.07, 6.45) is 7.81. The van der Waals surface area contributed by atoms with Gasteiger partial charge in [0.2, 0.25) is 0 Å². The smallest absolute Gasteiger partial charge is 0.269 e. The molecular formula is C67H62N4O. The van der Waals surface area contributed by atoms with Crippen LogP contribution in [0.25, 0.3) is 83.4 Å². The van der Waals surface area contributed by atoms with E-state index in [4.69, 9.17) is 13.8 Å². The molecule has 0 amide bonds. The van der Waals surface area contributed by atoms with E-state index in [1.807, 2.05) is 76.0 Å². The Balaban J connectivity index is 1.12. The van der Waals surface area contributed by atoms with Crippen LogP contribution in [0.5, 0.6) is 11.5 Å². The van der Waals surface area contributed by atoms with Gasteiger partial charge in [-0.1, -0.05) is 189 Å². The lowest BCUT2D eigenvalue weighted by atomic mass is 9.78. The van der Waals surface area contributed by atoms with Crippen molar-refractivity contribution in [3.8, 4) is 62.1 Å². The topological polar surface area (TPSA) is 35.9 Å². The van der Waals surface area contributed by atoms with Crippen molar-refractivity contribution < 1.29 is 16.2 Å². The summed E-state index contributed by atoms with van der Waals surface area (Å²) >= 11 is 0. The summed E-state index contributed by atoms with van der Waals surface area (Å²) in [6, 6.07) is 54.4. The number of nitrogens with zero attached hydrogens (tertiary/aromatic N) is 4. The molecule has 5 nitrogen and oxygen atoms in total. The predicted octanol–water partition coefficient (Wildman–Crippen LogP) is 17.5. The van der Waals surface area contributed by atoms with Crippen molar-refractivity contribution in [3.63, 3.8) is 0 Å². The van der Waals surface area contributed by atoms with Crippen LogP contribution >= 0.6 is 0 Å². The summed E-state index contributed by atoms with van der Waals surface area (Å²) in [5.74, 6) is 2.60. The van der Waals surface area contributed by atoms with Gasteiger partial charge in [0.1, 0.15) is 17.3 Å². The first-order valence-corrected chi connectivity index (χ1v) is 25.1. The van der Waals surface area contributed by atoms with E-state index in [1.165, 1.54) is 5.56 Å². The monoisotopic (exact) mass is 944 g/mol. The molecule has 3 heterocycles. The van der Waals surface area contributed by atoms with Crippen LogP contribution in [0, 0.1) is 6.33 Å². The molecule has 0 bridgehead atoms. The maximum absolute atomic E-state index is 9.36. The molecule has 8 aromatic carbocycles. The van der Waals surface area contributed by atoms with Crippen LogP contribution in [-0.4, -0.2) is 14.1 Å². The lowest BCUT2D eigenvalue weighted by molar-refractivity contribution is -0.571. The number of pyridine rings is 1. The van der Waals surface area contributed by atoms with E-state index >= 15 is 0 Å². The van der Waals surface area contributed by atoms with Gasteiger partial charge >= 0.3 is 0 Å². The number of benzene rings is 8. The van der Waals surface area contributed by atoms with Gasteiger partial charge in [0, 0.05) is 23.0 Å². The van der Waals surface area contributed by atoms with Gasteiger partial charge in [0.15, 0.2) is 0 Å². The zero-order valence-corrected chi connectivity index (χ0v) is 42.4. The average Bonchev–Trinajstić information content (AvgIpc) is 4.21. The number of hydrogen-bond donors (Lipinski definition) is 0. The summed E-state index contributed by atoms with van der Waals surface area (Å²) < 4.78 is 58.1. The molecule has 0 aliphatic carbocycles. The van der Waals surface area contributed by atoms with E-state index in [1.54, 1.807) is 0 Å². The van der Waals surface area contributed by atoms with Crippen LogP contribution in [-0.2, 0) is 10.8 Å². The van der Waals surface area contributed by atoms with Crippen LogP contribution < -0.4 is 9.30 Å². The van der Waals surface area contributed by atoms with Crippen molar-refractivity contribution in [1.82, 2.24) is 14.1 Å². The Bertz CT molecular complexity index is 4020. The number of ether oxygens (including phenoxy) is 1. The normalized spacial score (nSPS) is 13.1. The molecule has 0 spiro atoms. The molecule has 72 heavy (non-hydrogen) atoms. The molecule has 0 saturated heterocycles. The van der Waals surface area contributed by atoms with E-state index in [-0.39, 0.29) is 28.5 Å². The first-order chi connectivity index (χ1) is 36.9. The highest BCUT2D eigenvalue weighted by Crippen LogP contribution is 2.41. The molecule has 0 unspecified atom stereocenters. The highest BCUT2D eigenvalue weighted by Gasteiger charge is 2.25. The Morgan fingerprint density at radius 3 is 1.99 bits per heavy atom. The minimum Gasteiger partial charge on any atom is -0.458 e. The van der Waals surface area contributed by atoms with Gasteiger partial charge in [-0.2, -0.15) is 0 Å². The van der Waals surface area contributed by atoms with Crippen LogP contribution in [0.3, 0.4) is 0 Å². The predicted molar refractivity (Wildman–Crippen MR) is 299 cm³/mol. The van der Waals surface area contributed by atoms with Crippen molar-refractivity contribution in [3.05, 3.63) is 223 Å². The van der Waals surface area contributed by atoms with Crippen molar-refractivity contribution >= 4 is 32.8 Å². The summed E-state index contributed by atoms with van der Waals surface area (Å²) in [5, 5.41) is 2.24. The van der Waals surface area contributed by atoms with E-state index < -0.39 is 18.1 Å². The Labute approximate surface area is 431 Å². The van der Waals surface area contributed by atoms with Crippen molar-refractivity contribution in [2.45, 2.75) is 85.0 Å². The van der Waals surface area contributed by atoms with E-state index in [0.29, 0.717) is 28.7 Å². The summed E-state index contributed by atoms with van der Waals surface area (Å²) in [7, 11) is 0. The molecule has 0 aliphatic rings. The number of aromatic nitrogens is 4. The summed E-state index contributed by atoms with van der Waals surface area (Å²) in [5.41, 5.74) is 12.6. The van der Waals surface area contributed by atoms with Gasteiger partial charge in [-0.05, 0) is 134 Å². The van der Waals surface area contributed by atoms with Gasteiger partial charge in [-0.3, -0.25) is 13.7 Å². The highest BCUT2D eigenvalue weighted by molar-refractivity contribution is 6.09. The Morgan fingerprint density at radius 1 is 0.569 bits per heavy atom. The minimum atomic E-state index is -0.443. The fraction of sp³-hybridized carbons (Fsp3) is 0.194. The lowest BCUT2D eigenvalue weighted by Gasteiger charge is -2.27. The van der Waals surface area contributed by atoms with Crippen molar-refractivity contribution in [1.29, 1.82) is 0 Å². The molecule has 0 radical (unpaired) electrons. The van der Waals surface area contributed by atoms with E-state index in [0.717, 1.165) is 90.6 Å². The molecule has 0 atom stereocenters. The van der Waals surface area contributed by atoms with Gasteiger partial charge < -0.3 is 4.74 Å². The van der Waals surface area contributed by atoms with Crippen molar-refractivity contribution in [2.24, 2.45) is 0 Å². The molecule has 11 rings (SSSR count). The Hall–Kier alpha value is -8.02. The third-order valence-corrected chi connectivity index (χ3v) is 14.2. The molecule has 0 aliphatic heterocycles. The number of para-hydroxylation sites is 2. The fourth-order valence-electron chi connectivity index (χ4n) is 10.2. The number of rotatable bonds is 11. The van der Waals surface area contributed by atoms with Gasteiger partial charge in [0.05, 0.1) is 40.3 Å². The molecule has 3 aromatic heterocycles. The zero-order valence-electron chi connectivity index (χ0n) is 47.4. The highest BCUT2D eigenvalue weighted by atomic mass is 16.5. The first-order valence-electron chi connectivity index (χ1n) is 27.6. The van der Waals surface area contributed by atoms with Crippen molar-refractivity contribution in [2.75, 3.05) is 0 Å². The zero-order chi connectivity index (χ0) is 54.1. The molecule has 0 saturated carbocycles. The van der Waals surface area contributed by atoms with Crippen LogP contribution in [0.15, 0.2) is 200 Å². The average molecular weight is 944 g/mol. The van der Waals surface area contributed by atoms with Crippen LogP contribution in [0.4, 0.5) is 0 Å². The fourth-order valence-corrected chi connectivity index (χ4v) is 10.2. The van der Waals surface area contributed by atoms with Gasteiger partial charge in [0.25, 0.3) is 6.33 Å². The van der Waals surface area contributed by atoms with Crippen LogP contribution in [0.1, 0.15) is 97.7 Å². The standard InChI is InChI=1S/C67H62N4O/c1-9-45(10-2)49-35-36-68-64(40-49)71-60-30-18-17-27-58(60)59-33-32-55(43-62(59)71)72-54-26-19-25-53(42-54)69-44-70(63-39-48(31-34-61(63)69)46-21-13-11-14-22-46)65-56(47-23-15-12-16-24-47)28-20-29-57(65)50-37-51(66(3,4)5)41-52(38-50)67(6,7)8/h11-43,45H,9-10H2,1-8H3/i12D,15D,16D,23D,24D. The summed E-state index contributed by atoms with van der Waals surface area (Å²) in [4.78, 5) is 4.93. The second kappa shape index (κ2) is 18.6. The molecule has 11 aromatic rings. The summed E-state index contributed by atoms with van der Waals surface area (Å²) in [6.45, 7) is 17.8. The van der Waals surface area contributed by atoms with E-state index in [9.17, 15) is 2.74 Å². The third kappa shape index (κ3) is 8.68. The third-order valence-electron chi connectivity index (χ3n) is 14.2. The Morgan fingerprint density at radius 2 is 1.25 bits per heavy atom. The van der Waals surface area contributed by atoms with Crippen LogP contribution in [0.2, 0.25) is 0 Å². The molecule has 5 heteroatoms. The SMILES string of the molecule is [2H]c1c([2H])c([2H])c(-c2cccc(-c3cc(C(C)(C)C)cc(C(C)(C)C)c3)c2-[n+]2[c-]n(-c3cccc(Oc4ccc5c6ccccc6n(-c6cc(C(CC)CC)ccn6)c5c4)c3)c3ccc(-c4ccccc4)cc32)c([2H])c1[2H]. The lowest BCUT2D eigenvalue weighted by Crippen LogP contribution is -2.31. The maximum Gasteiger partial charge on any atom is 0.269 e. The maximum atomic E-state index is 9.36. The van der Waals surface area contributed by atoms with Gasteiger partial charge in [-0.25, -0.2) is 4.98 Å². The number of imidazole rings is 1. The quantitative estimate of drug-likeness (QED) is 0.0957. The molecule has 0 N–H and O–H groups in total. The second-order valence-electron chi connectivity index (χ2n) is 20.9. The van der Waals surface area contributed by atoms with E-state index in [2.05, 4.69) is 169 Å².